The van der Waals surface area contributed by atoms with Crippen LogP contribution < -0.4 is 5.01 Å². The summed E-state index contributed by atoms with van der Waals surface area (Å²) >= 11 is 0. The molecule has 1 aliphatic rings. The molecule has 2 rings (SSSR count). The first-order valence-corrected chi connectivity index (χ1v) is 5.40. The van der Waals surface area contributed by atoms with Crippen LogP contribution in [-0.2, 0) is 4.79 Å². The molecule has 82 valence electrons. The van der Waals surface area contributed by atoms with Gasteiger partial charge in [-0.2, -0.15) is 9.89 Å². The molecule has 15 heavy (non-hydrogen) atoms. The number of hydrogen-bond donors (Lipinski definition) is 0. The van der Waals surface area contributed by atoms with Crippen molar-refractivity contribution in [3.63, 3.8) is 0 Å². The van der Waals surface area contributed by atoms with E-state index >= 15 is 0 Å². The van der Waals surface area contributed by atoms with Gasteiger partial charge in [0.25, 0.3) is 0 Å². The Morgan fingerprint density at radius 1 is 1.40 bits per heavy atom. The lowest BCUT2D eigenvalue weighted by Gasteiger charge is -2.23. The minimum atomic E-state index is 0.00222. The van der Waals surface area contributed by atoms with Gasteiger partial charge in [0.1, 0.15) is 12.3 Å². The van der Waals surface area contributed by atoms with Crippen LogP contribution in [0.5, 0.6) is 0 Å². The first-order valence-electron chi connectivity index (χ1n) is 5.40. The van der Waals surface area contributed by atoms with Gasteiger partial charge in [-0.1, -0.05) is 0 Å². The minimum absolute atomic E-state index is 0.00222. The summed E-state index contributed by atoms with van der Waals surface area (Å²) in [4.78, 5) is 12.8. The molecule has 0 unspecified atom stereocenters. The molecule has 0 aromatic carbocycles. The molecule has 1 fully saturated rings. The fourth-order valence-electron chi connectivity index (χ4n) is 2.10. The number of rotatable bonds is 2. The normalized spacial score (nSPS) is 21.0. The fourth-order valence-corrected chi connectivity index (χ4v) is 2.10. The van der Waals surface area contributed by atoms with Crippen LogP contribution in [0, 0.1) is 20.8 Å². The lowest BCUT2D eigenvalue weighted by molar-refractivity contribution is -0.109. The first kappa shape index (κ1) is 10.2. The van der Waals surface area contributed by atoms with Gasteiger partial charge in [0.2, 0.25) is 0 Å². The van der Waals surface area contributed by atoms with Gasteiger partial charge in [-0.25, -0.2) is 0 Å². The molecule has 1 aliphatic heterocycles. The van der Waals surface area contributed by atoms with Crippen molar-refractivity contribution in [3.05, 3.63) is 17.0 Å². The Balaban J connectivity index is 2.36. The van der Waals surface area contributed by atoms with E-state index in [4.69, 9.17) is 0 Å². The predicted octanol–water partition coefficient (Wildman–Crippen LogP) is 1.11. The molecule has 1 saturated heterocycles. The molecule has 4 heteroatoms. The SMILES string of the molecule is Cc1nn(N2CCC[C@H]2C=O)c(C)c1C. The third-order valence-electron chi connectivity index (χ3n) is 3.30. The van der Waals surface area contributed by atoms with Crippen LogP contribution in [-0.4, -0.2) is 28.8 Å². The molecule has 0 radical (unpaired) electrons. The van der Waals surface area contributed by atoms with E-state index in [1.54, 1.807) is 0 Å². The van der Waals surface area contributed by atoms with Crippen LogP contribution >= 0.6 is 0 Å². The largest absolute Gasteiger partial charge is 0.301 e. The van der Waals surface area contributed by atoms with E-state index < -0.39 is 0 Å². The number of aromatic nitrogens is 2. The first-order chi connectivity index (χ1) is 7.15. The van der Waals surface area contributed by atoms with Crippen molar-refractivity contribution in [3.8, 4) is 0 Å². The molecule has 0 bridgehead atoms. The molecule has 0 N–H and O–H groups in total. The van der Waals surface area contributed by atoms with Crippen molar-refractivity contribution in [2.45, 2.75) is 39.7 Å². The summed E-state index contributed by atoms with van der Waals surface area (Å²) < 4.78 is 0. The zero-order valence-electron chi connectivity index (χ0n) is 9.53. The summed E-state index contributed by atoms with van der Waals surface area (Å²) in [5, 5.41) is 6.53. The number of carbonyl (C=O) groups is 1. The van der Waals surface area contributed by atoms with E-state index in [0.717, 1.165) is 37.1 Å². The standard InChI is InChI=1S/C11H17N3O/c1-8-9(2)12-14(10(8)3)13-6-4-5-11(13)7-15/h7,11H,4-6H2,1-3H3/t11-/m0/s1. The van der Waals surface area contributed by atoms with Crippen molar-refractivity contribution in [1.29, 1.82) is 0 Å². The Morgan fingerprint density at radius 3 is 2.67 bits per heavy atom. The monoisotopic (exact) mass is 207 g/mol. The molecule has 0 amide bonds. The molecule has 0 spiro atoms. The number of nitrogens with zero attached hydrogens (tertiary/aromatic N) is 3. The van der Waals surface area contributed by atoms with Crippen LogP contribution in [0.2, 0.25) is 0 Å². The quantitative estimate of drug-likeness (QED) is 0.682. The molecule has 1 atom stereocenters. The van der Waals surface area contributed by atoms with Crippen LogP contribution in [0.15, 0.2) is 0 Å². The Morgan fingerprint density at radius 2 is 2.13 bits per heavy atom. The predicted molar refractivity (Wildman–Crippen MR) is 58.6 cm³/mol. The van der Waals surface area contributed by atoms with Gasteiger partial charge < -0.3 is 4.79 Å². The smallest absolute Gasteiger partial charge is 0.144 e. The summed E-state index contributed by atoms with van der Waals surface area (Å²) in [6, 6.07) is 0.00222. The third kappa shape index (κ3) is 1.54. The molecule has 0 saturated carbocycles. The van der Waals surface area contributed by atoms with Gasteiger partial charge in [-0.3, -0.25) is 5.01 Å². The summed E-state index contributed by atoms with van der Waals surface area (Å²) in [6.07, 6.45) is 3.04. The van der Waals surface area contributed by atoms with E-state index in [-0.39, 0.29) is 6.04 Å². The molecule has 2 heterocycles. The lowest BCUT2D eigenvalue weighted by Crippen LogP contribution is -2.41. The van der Waals surface area contributed by atoms with Crippen molar-refractivity contribution in [1.82, 2.24) is 9.89 Å². The number of aryl methyl sites for hydroxylation is 1. The minimum Gasteiger partial charge on any atom is -0.301 e. The van der Waals surface area contributed by atoms with Crippen LogP contribution in [0.4, 0.5) is 0 Å². The zero-order chi connectivity index (χ0) is 11.0. The zero-order valence-corrected chi connectivity index (χ0v) is 9.53. The maximum absolute atomic E-state index is 10.9. The summed E-state index contributed by atoms with van der Waals surface area (Å²) in [6.45, 7) is 7.05. The van der Waals surface area contributed by atoms with E-state index in [0.29, 0.717) is 0 Å². The number of aldehydes is 1. The van der Waals surface area contributed by atoms with Crippen molar-refractivity contribution < 1.29 is 4.79 Å². The van der Waals surface area contributed by atoms with Gasteiger partial charge >= 0.3 is 0 Å². The van der Waals surface area contributed by atoms with E-state index in [9.17, 15) is 4.79 Å². The maximum Gasteiger partial charge on any atom is 0.144 e. The second-order valence-corrected chi connectivity index (χ2v) is 4.19. The highest BCUT2D eigenvalue weighted by Crippen LogP contribution is 2.18. The summed E-state index contributed by atoms with van der Waals surface area (Å²) in [5.41, 5.74) is 3.40. The maximum atomic E-state index is 10.9. The topological polar surface area (TPSA) is 38.1 Å². The van der Waals surface area contributed by atoms with Gasteiger partial charge in [0, 0.05) is 6.54 Å². The molecular weight excluding hydrogens is 190 g/mol. The van der Waals surface area contributed by atoms with Crippen LogP contribution in [0.3, 0.4) is 0 Å². The Bertz CT molecular complexity index is 383. The highest BCUT2D eigenvalue weighted by Gasteiger charge is 2.26. The second-order valence-electron chi connectivity index (χ2n) is 4.19. The molecular formula is C11H17N3O. The number of hydrogen-bond acceptors (Lipinski definition) is 3. The molecule has 1 aromatic heterocycles. The van der Waals surface area contributed by atoms with Crippen molar-refractivity contribution >= 4 is 6.29 Å². The second kappa shape index (κ2) is 3.68. The molecule has 4 nitrogen and oxygen atoms in total. The average Bonchev–Trinajstić information content (AvgIpc) is 2.78. The van der Waals surface area contributed by atoms with Gasteiger partial charge in [0.15, 0.2) is 0 Å². The van der Waals surface area contributed by atoms with E-state index in [1.165, 1.54) is 5.56 Å². The van der Waals surface area contributed by atoms with Crippen molar-refractivity contribution in [2.75, 3.05) is 11.6 Å². The van der Waals surface area contributed by atoms with Crippen molar-refractivity contribution in [2.24, 2.45) is 0 Å². The molecule has 0 aliphatic carbocycles. The highest BCUT2D eigenvalue weighted by molar-refractivity contribution is 5.61. The summed E-state index contributed by atoms with van der Waals surface area (Å²) in [5.74, 6) is 0. The van der Waals surface area contributed by atoms with E-state index in [2.05, 4.69) is 24.0 Å². The Hall–Kier alpha value is -1.32. The molecule has 1 aromatic rings. The van der Waals surface area contributed by atoms with E-state index in [1.807, 2.05) is 11.7 Å². The number of carbonyl (C=O) groups excluding carboxylic acids is 1. The van der Waals surface area contributed by atoms with Crippen LogP contribution in [0.25, 0.3) is 0 Å². The van der Waals surface area contributed by atoms with Gasteiger partial charge in [-0.05, 0) is 39.2 Å². The highest BCUT2D eigenvalue weighted by atomic mass is 16.1. The summed E-state index contributed by atoms with van der Waals surface area (Å²) in [7, 11) is 0. The Labute approximate surface area is 89.8 Å². The Kier molecular flexibility index (Phi) is 2.50. The van der Waals surface area contributed by atoms with Gasteiger partial charge in [0.05, 0.1) is 11.4 Å². The van der Waals surface area contributed by atoms with Gasteiger partial charge in [-0.15, -0.1) is 0 Å². The average molecular weight is 207 g/mol. The lowest BCUT2D eigenvalue weighted by atomic mass is 10.2. The fraction of sp³-hybridized carbons (Fsp3) is 0.636. The van der Waals surface area contributed by atoms with Crippen LogP contribution in [0.1, 0.15) is 29.8 Å². The third-order valence-corrected chi connectivity index (χ3v) is 3.30.